The monoisotopic (exact) mass is 234 g/mol. The summed E-state index contributed by atoms with van der Waals surface area (Å²) in [6.07, 6.45) is 3.75. The average molecular weight is 234 g/mol. The van der Waals surface area contributed by atoms with Gasteiger partial charge in [-0.05, 0) is 30.9 Å². The molecular weight excluding hydrogens is 216 g/mol. The Labute approximate surface area is 101 Å². The lowest BCUT2D eigenvalue weighted by Crippen LogP contribution is -2.34. The van der Waals surface area contributed by atoms with Gasteiger partial charge in [-0.15, -0.1) is 0 Å². The van der Waals surface area contributed by atoms with Crippen LogP contribution in [-0.4, -0.2) is 29.4 Å². The van der Waals surface area contributed by atoms with Gasteiger partial charge in [-0.3, -0.25) is 4.79 Å². The number of carbonyl (C=O) groups is 1. The topological polar surface area (TPSA) is 71.2 Å². The van der Waals surface area contributed by atoms with Gasteiger partial charge in [-0.25, -0.2) is 10.8 Å². The van der Waals surface area contributed by atoms with E-state index in [4.69, 9.17) is 5.84 Å². The van der Waals surface area contributed by atoms with E-state index < -0.39 is 0 Å². The van der Waals surface area contributed by atoms with Gasteiger partial charge in [0.25, 0.3) is 5.91 Å². The quantitative estimate of drug-likeness (QED) is 0.607. The van der Waals surface area contributed by atoms with E-state index in [1.54, 1.807) is 23.1 Å². The molecule has 1 heterocycles. The molecule has 3 N–H and O–H groups in total. The molecule has 17 heavy (non-hydrogen) atoms. The maximum atomic E-state index is 12.1. The van der Waals surface area contributed by atoms with Crippen molar-refractivity contribution < 1.29 is 4.79 Å². The Balaban J connectivity index is 2.01. The Morgan fingerprint density at radius 3 is 2.94 bits per heavy atom. The Morgan fingerprint density at radius 1 is 1.59 bits per heavy atom. The highest BCUT2D eigenvalue weighted by atomic mass is 16.2. The van der Waals surface area contributed by atoms with Crippen molar-refractivity contribution >= 4 is 11.7 Å². The molecule has 1 aromatic rings. The summed E-state index contributed by atoms with van der Waals surface area (Å²) in [5, 5.41) is 0. The van der Waals surface area contributed by atoms with Crippen LogP contribution in [0.3, 0.4) is 0 Å². The van der Waals surface area contributed by atoms with Crippen molar-refractivity contribution in [2.75, 3.05) is 19.0 Å². The number of pyridine rings is 1. The van der Waals surface area contributed by atoms with Crippen molar-refractivity contribution in [3.63, 3.8) is 0 Å². The molecule has 92 valence electrons. The van der Waals surface area contributed by atoms with Crippen molar-refractivity contribution in [3.05, 3.63) is 23.9 Å². The van der Waals surface area contributed by atoms with Crippen molar-refractivity contribution in [2.45, 2.75) is 19.3 Å². The van der Waals surface area contributed by atoms with Crippen LogP contribution in [0.4, 0.5) is 5.82 Å². The number of anilines is 1. The molecule has 5 nitrogen and oxygen atoms in total. The van der Waals surface area contributed by atoms with Crippen LogP contribution in [0.5, 0.6) is 0 Å². The summed E-state index contributed by atoms with van der Waals surface area (Å²) in [7, 11) is 1.82. The number of nitrogen functional groups attached to an aromatic ring is 1. The highest BCUT2D eigenvalue weighted by molar-refractivity contribution is 5.92. The minimum Gasteiger partial charge on any atom is -0.340 e. The predicted molar refractivity (Wildman–Crippen MR) is 66.3 cm³/mol. The number of nitrogens with one attached hydrogen (secondary N) is 1. The minimum atomic E-state index is -0.0472. The van der Waals surface area contributed by atoms with Crippen molar-refractivity contribution in [2.24, 2.45) is 11.8 Å². The summed E-state index contributed by atoms with van der Waals surface area (Å²) in [5.41, 5.74) is 2.88. The summed E-state index contributed by atoms with van der Waals surface area (Å²) in [6.45, 7) is 0.820. The first kappa shape index (κ1) is 11.9. The fraction of sp³-hybridized carbons (Fsp3) is 0.500. The number of rotatable bonds is 4. The summed E-state index contributed by atoms with van der Waals surface area (Å²) in [6, 6.07) is 5.20. The third kappa shape index (κ3) is 2.74. The number of nitrogens with zero attached hydrogens (tertiary/aromatic N) is 2. The Hall–Kier alpha value is -1.62. The number of hydrogen-bond acceptors (Lipinski definition) is 4. The van der Waals surface area contributed by atoms with Crippen LogP contribution < -0.4 is 11.3 Å². The smallest absolute Gasteiger partial charge is 0.272 e. The molecule has 1 aliphatic carbocycles. The van der Waals surface area contributed by atoms with Gasteiger partial charge in [0.1, 0.15) is 11.5 Å². The zero-order valence-electron chi connectivity index (χ0n) is 10.0. The Kier molecular flexibility index (Phi) is 3.58. The number of carbonyl (C=O) groups excluding carboxylic acids is 1. The fourth-order valence-corrected chi connectivity index (χ4v) is 1.98. The molecule has 0 saturated heterocycles. The van der Waals surface area contributed by atoms with Crippen LogP contribution >= 0.6 is 0 Å². The lowest BCUT2D eigenvalue weighted by molar-refractivity contribution is 0.0739. The number of nitrogens with two attached hydrogens (primary N) is 1. The van der Waals surface area contributed by atoms with E-state index in [-0.39, 0.29) is 5.91 Å². The normalized spacial score (nSPS) is 15.2. The zero-order valence-corrected chi connectivity index (χ0v) is 10.0. The molecular formula is C12H18N4O. The SMILES string of the molecule is CN(CC1CCC1)C(=O)c1cccc(NN)n1. The van der Waals surface area contributed by atoms with E-state index in [0.29, 0.717) is 17.4 Å². The van der Waals surface area contributed by atoms with Gasteiger partial charge < -0.3 is 10.3 Å². The molecule has 1 fully saturated rings. The van der Waals surface area contributed by atoms with E-state index in [0.717, 1.165) is 6.54 Å². The van der Waals surface area contributed by atoms with Gasteiger partial charge in [0.2, 0.25) is 0 Å². The van der Waals surface area contributed by atoms with Crippen LogP contribution in [-0.2, 0) is 0 Å². The van der Waals surface area contributed by atoms with Crippen molar-refractivity contribution in [3.8, 4) is 0 Å². The van der Waals surface area contributed by atoms with E-state index in [1.165, 1.54) is 19.3 Å². The molecule has 0 atom stereocenters. The van der Waals surface area contributed by atoms with Crippen molar-refractivity contribution in [1.29, 1.82) is 0 Å². The fourth-order valence-electron chi connectivity index (χ4n) is 1.98. The van der Waals surface area contributed by atoms with Gasteiger partial charge in [0.05, 0.1) is 0 Å². The van der Waals surface area contributed by atoms with Crippen LogP contribution in [0, 0.1) is 5.92 Å². The van der Waals surface area contributed by atoms with Gasteiger partial charge in [0, 0.05) is 13.6 Å². The van der Waals surface area contributed by atoms with E-state index >= 15 is 0 Å². The molecule has 0 aromatic carbocycles. The number of hydrazine groups is 1. The highest BCUT2D eigenvalue weighted by Crippen LogP contribution is 2.27. The molecule has 1 aliphatic rings. The predicted octanol–water partition coefficient (Wildman–Crippen LogP) is 1.24. The van der Waals surface area contributed by atoms with Gasteiger partial charge in [0.15, 0.2) is 0 Å². The molecule has 2 rings (SSSR count). The van der Waals surface area contributed by atoms with Gasteiger partial charge in [-0.1, -0.05) is 12.5 Å². The first-order chi connectivity index (χ1) is 8.20. The maximum Gasteiger partial charge on any atom is 0.272 e. The van der Waals surface area contributed by atoms with Crippen LogP contribution in [0.2, 0.25) is 0 Å². The molecule has 0 spiro atoms. The van der Waals surface area contributed by atoms with Crippen LogP contribution in [0.25, 0.3) is 0 Å². The third-order valence-corrected chi connectivity index (χ3v) is 3.22. The third-order valence-electron chi connectivity index (χ3n) is 3.22. The number of aromatic nitrogens is 1. The van der Waals surface area contributed by atoms with E-state index in [2.05, 4.69) is 10.4 Å². The van der Waals surface area contributed by atoms with Crippen LogP contribution in [0.15, 0.2) is 18.2 Å². The molecule has 0 radical (unpaired) electrons. The molecule has 0 aliphatic heterocycles. The molecule has 0 bridgehead atoms. The largest absolute Gasteiger partial charge is 0.340 e. The Morgan fingerprint density at radius 2 is 2.35 bits per heavy atom. The summed E-state index contributed by atoms with van der Waals surface area (Å²) in [5.74, 6) is 6.40. The standard InChI is InChI=1S/C12H18N4O/c1-16(8-9-4-2-5-9)12(17)10-6-3-7-11(14-10)15-13/h3,6-7,9H,2,4-5,8,13H2,1H3,(H,14,15). The first-order valence-electron chi connectivity index (χ1n) is 5.90. The second-order valence-electron chi connectivity index (χ2n) is 4.54. The second-order valence-corrected chi connectivity index (χ2v) is 4.54. The zero-order chi connectivity index (χ0) is 12.3. The number of hydrogen-bond donors (Lipinski definition) is 2. The molecule has 1 aromatic heterocycles. The Bertz CT molecular complexity index is 403. The minimum absolute atomic E-state index is 0.0472. The second kappa shape index (κ2) is 5.14. The van der Waals surface area contributed by atoms with Crippen molar-refractivity contribution in [1.82, 2.24) is 9.88 Å². The summed E-state index contributed by atoms with van der Waals surface area (Å²) >= 11 is 0. The molecule has 1 saturated carbocycles. The lowest BCUT2D eigenvalue weighted by atomic mass is 9.85. The molecule has 0 unspecified atom stereocenters. The van der Waals surface area contributed by atoms with E-state index in [1.807, 2.05) is 7.05 Å². The highest BCUT2D eigenvalue weighted by Gasteiger charge is 2.22. The average Bonchev–Trinajstić information content (AvgIpc) is 2.32. The van der Waals surface area contributed by atoms with Gasteiger partial charge >= 0.3 is 0 Å². The van der Waals surface area contributed by atoms with Gasteiger partial charge in [-0.2, -0.15) is 0 Å². The maximum absolute atomic E-state index is 12.1. The molecule has 5 heteroatoms. The summed E-state index contributed by atoms with van der Waals surface area (Å²) < 4.78 is 0. The number of amides is 1. The van der Waals surface area contributed by atoms with E-state index in [9.17, 15) is 4.79 Å². The molecule has 1 amide bonds. The first-order valence-corrected chi connectivity index (χ1v) is 5.90. The lowest BCUT2D eigenvalue weighted by Gasteiger charge is -2.30. The summed E-state index contributed by atoms with van der Waals surface area (Å²) in [4.78, 5) is 18.0. The van der Waals surface area contributed by atoms with Crippen LogP contribution in [0.1, 0.15) is 29.8 Å².